The van der Waals surface area contributed by atoms with E-state index in [9.17, 15) is 9.59 Å². The van der Waals surface area contributed by atoms with Gasteiger partial charge in [0, 0.05) is 18.7 Å². The lowest BCUT2D eigenvalue weighted by molar-refractivity contribution is -0.120. The van der Waals surface area contributed by atoms with Crippen LogP contribution in [0.4, 0.5) is 0 Å². The molecule has 1 aliphatic carbocycles. The summed E-state index contributed by atoms with van der Waals surface area (Å²) in [5, 5.41) is 8.66. The number of carbonyl (C=O) groups is 2. The van der Waals surface area contributed by atoms with Gasteiger partial charge in [0.05, 0.1) is 6.54 Å². The molecule has 1 saturated carbocycles. The van der Waals surface area contributed by atoms with Gasteiger partial charge >= 0.3 is 0 Å². The Hall–Kier alpha value is -1.88. The van der Waals surface area contributed by atoms with Crippen molar-refractivity contribution in [3.8, 4) is 0 Å². The molecule has 1 aliphatic rings. The van der Waals surface area contributed by atoms with E-state index in [4.69, 9.17) is 0 Å². The van der Waals surface area contributed by atoms with E-state index >= 15 is 0 Å². The maximum absolute atomic E-state index is 11.7. The number of benzene rings is 1. The van der Waals surface area contributed by atoms with Crippen LogP contribution in [0, 0.1) is 5.92 Å². The second kappa shape index (κ2) is 7.65. The van der Waals surface area contributed by atoms with Gasteiger partial charge in [-0.25, -0.2) is 0 Å². The molecule has 1 fully saturated rings. The summed E-state index contributed by atoms with van der Waals surface area (Å²) >= 11 is 0. The molecule has 0 unspecified atom stereocenters. The van der Waals surface area contributed by atoms with E-state index in [1.54, 1.807) is 12.1 Å². The number of carbonyl (C=O) groups excluding carboxylic acids is 2. The highest BCUT2D eigenvalue weighted by molar-refractivity contribution is 5.94. The Bertz CT molecular complexity index is 444. The number of rotatable bonds is 8. The van der Waals surface area contributed by atoms with E-state index in [1.807, 2.05) is 18.2 Å². The van der Waals surface area contributed by atoms with Crippen molar-refractivity contribution in [1.29, 1.82) is 0 Å². The van der Waals surface area contributed by atoms with Crippen LogP contribution in [-0.2, 0) is 4.79 Å². The molecule has 0 heterocycles. The molecule has 108 valence electrons. The third kappa shape index (κ3) is 5.40. The van der Waals surface area contributed by atoms with Crippen molar-refractivity contribution in [2.45, 2.75) is 12.8 Å². The molecule has 3 N–H and O–H groups in total. The molecule has 0 saturated heterocycles. The topological polar surface area (TPSA) is 70.2 Å². The zero-order chi connectivity index (χ0) is 14.2. The van der Waals surface area contributed by atoms with E-state index in [0.717, 1.165) is 12.5 Å². The normalized spacial score (nSPS) is 13.8. The Kier molecular flexibility index (Phi) is 5.55. The zero-order valence-corrected chi connectivity index (χ0v) is 11.5. The van der Waals surface area contributed by atoms with E-state index in [1.165, 1.54) is 12.8 Å². The monoisotopic (exact) mass is 275 g/mol. The average Bonchev–Trinajstić information content (AvgIpc) is 3.28. The van der Waals surface area contributed by atoms with Crippen molar-refractivity contribution in [1.82, 2.24) is 16.0 Å². The minimum atomic E-state index is -0.119. The summed E-state index contributed by atoms with van der Waals surface area (Å²) in [6.07, 6.45) is 2.56. The summed E-state index contributed by atoms with van der Waals surface area (Å²) in [5.74, 6) is 0.624. The van der Waals surface area contributed by atoms with Gasteiger partial charge in [-0.3, -0.25) is 9.59 Å². The highest BCUT2D eigenvalue weighted by Gasteiger charge is 2.20. The van der Waals surface area contributed by atoms with Gasteiger partial charge in [-0.1, -0.05) is 18.2 Å². The predicted octanol–water partition coefficient (Wildman–Crippen LogP) is 0.532. The summed E-state index contributed by atoms with van der Waals surface area (Å²) in [4.78, 5) is 23.2. The molecule has 0 radical (unpaired) electrons. The second-order valence-electron chi connectivity index (χ2n) is 5.05. The van der Waals surface area contributed by atoms with Crippen molar-refractivity contribution in [3.63, 3.8) is 0 Å². The fraction of sp³-hybridized carbons (Fsp3) is 0.467. The minimum absolute atomic E-state index is 0.0281. The van der Waals surface area contributed by atoms with Crippen LogP contribution >= 0.6 is 0 Å². The molecule has 5 heteroatoms. The first-order chi connectivity index (χ1) is 9.75. The van der Waals surface area contributed by atoms with Gasteiger partial charge in [-0.15, -0.1) is 0 Å². The highest BCUT2D eigenvalue weighted by Crippen LogP contribution is 2.27. The lowest BCUT2D eigenvalue weighted by atomic mass is 10.2. The first-order valence-electron chi connectivity index (χ1n) is 7.06. The number of hydrogen-bond donors (Lipinski definition) is 3. The van der Waals surface area contributed by atoms with Gasteiger partial charge in [-0.2, -0.15) is 0 Å². The Morgan fingerprint density at radius 2 is 1.75 bits per heavy atom. The lowest BCUT2D eigenvalue weighted by Gasteiger charge is -2.07. The van der Waals surface area contributed by atoms with Gasteiger partial charge in [-0.05, 0) is 37.4 Å². The van der Waals surface area contributed by atoms with Crippen molar-refractivity contribution in [2.24, 2.45) is 5.92 Å². The number of hydrogen-bond acceptors (Lipinski definition) is 3. The first-order valence-corrected chi connectivity index (χ1v) is 7.06. The molecule has 5 nitrogen and oxygen atoms in total. The van der Waals surface area contributed by atoms with Crippen LogP contribution in [0.3, 0.4) is 0 Å². The minimum Gasteiger partial charge on any atom is -0.353 e. The van der Waals surface area contributed by atoms with E-state index in [-0.39, 0.29) is 11.8 Å². The Morgan fingerprint density at radius 1 is 1.05 bits per heavy atom. The number of nitrogens with one attached hydrogen (secondary N) is 3. The van der Waals surface area contributed by atoms with Gasteiger partial charge < -0.3 is 16.0 Å². The molecule has 1 aromatic rings. The van der Waals surface area contributed by atoms with Crippen LogP contribution in [0.5, 0.6) is 0 Å². The SMILES string of the molecule is O=C(CNCC1CC1)NCCNC(=O)c1ccccc1. The third-order valence-electron chi connectivity index (χ3n) is 3.18. The molecule has 0 aliphatic heterocycles. The molecular weight excluding hydrogens is 254 g/mol. The van der Waals surface area contributed by atoms with Crippen LogP contribution in [0.2, 0.25) is 0 Å². The Labute approximate surface area is 119 Å². The van der Waals surface area contributed by atoms with Crippen molar-refractivity contribution < 1.29 is 9.59 Å². The number of amides is 2. The summed E-state index contributed by atoms with van der Waals surface area (Å²) in [7, 11) is 0. The summed E-state index contributed by atoms with van der Waals surface area (Å²) in [6, 6.07) is 9.03. The van der Waals surface area contributed by atoms with E-state index in [2.05, 4.69) is 16.0 Å². The molecule has 0 spiro atoms. The Morgan fingerprint density at radius 3 is 2.45 bits per heavy atom. The second-order valence-corrected chi connectivity index (χ2v) is 5.05. The van der Waals surface area contributed by atoms with Crippen molar-refractivity contribution >= 4 is 11.8 Å². The molecule has 2 rings (SSSR count). The van der Waals surface area contributed by atoms with Crippen molar-refractivity contribution in [3.05, 3.63) is 35.9 Å². The van der Waals surface area contributed by atoms with E-state index in [0.29, 0.717) is 25.2 Å². The van der Waals surface area contributed by atoms with Gasteiger partial charge in [0.1, 0.15) is 0 Å². The zero-order valence-electron chi connectivity index (χ0n) is 11.5. The van der Waals surface area contributed by atoms with Gasteiger partial charge in [0.2, 0.25) is 5.91 Å². The quantitative estimate of drug-likeness (QED) is 0.606. The molecule has 0 bridgehead atoms. The Balaban J connectivity index is 1.52. The maximum atomic E-state index is 11.7. The van der Waals surface area contributed by atoms with Crippen LogP contribution in [0.15, 0.2) is 30.3 Å². The van der Waals surface area contributed by atoms with Crippen LogP contribution in [0.25, 0.3) is 0 Å². The lowest BCUT2D eigenvalue weighted by Crippen LogP contribution is -2.39. The molecule has 1 aromatic carbocycles. The fourth-order valence-electron chi connectivity index (χ4n) is 1.84. The van der Waals surface area contributed by atoms with Gasteiger partial charge in [0.15, 0.2) is 0 Å². The smallest absolute Gasteiger partial charge is 0.251 e. The largest absolute Gasteiger partial charge is 0.353 e. The first kappa shape index (κ1) is 14.5. The fourth-order valence-corrected chi connectivity index (χ4v) is 1.84. The summed E-state index contributed by atoms with van der Waals surface area (Å²) < 4.78 is 0. The van der Waals surface area contributed by atoms with E-state index < -0.39 is 0 Å². The average molecular weight is 275 g/mol. The van der Waals surface area contributed by atoms with Crippen molar-refractivity contribution in [2.75, 3.05) is 26.2 Å². The van der Waals surface area contributed by atoms with Gasteiger partial charge in [0.25, 0.3) is 5.91 Å². The molecular formula is C15H21N3O2. The summed E-state index contributed by atoms with van der Waals surface area (Å²) in [6.45, 7) is 2.16. The molecule has 2 amide bonds. The molecule has 0 atom stereocenters. The van der Waals surface area contributed by atoms with Crippen LogP contribution < -0.4 is 16.0 Å². The maximum Gasteiger partial charge on any atom is 0.251 e. The highest BCUT2D eigenvalue weighted by atomic mass is 16.2. The molecule has 20 heavy (non-hydrogen) atoms. The van der Waals surface area contributed by atoms with Crippen LogP contribution in [0.1, 0.15) is 23.2 Å². The predicted molar refractivity (Wildman–Crippen MR) is 77.4 cm³/mol. The van der Waals surface area contributed by atoms with Crippen LogP contribution in [-0.4, -0.2) is 38.0 Å². The summed E-state index contributed by atoms with van der Waals surface area (Å²) in [5.41, 5.74) is 0.630. The third-order valence-corrected chi connectivity index (χ3v) is 3.18. The molecule has 0 aromatic heterocycles. The standard InChI is InChI=1S/C15H21N3O2/c19-14(11-16-10-12-6-7-12)17-8-9-18-15(20)13-4-2-1-3-5-13/h1-5,12,16H,6-11H2,(H,17,19)(H,18,20).